The van der Waals surface area contributed by atoms with Crippen LogP contribution in [0.5, 0.6) is 0 Å². The summed E-state index contributed by atoms with van der Waals surface area (Å²) in [6, 6.07) is 8.84. The fraction of sp³-hybridized carbons (Fsp3) is 0.381. The van der Waals surface area contributed by atoms with Crippen molar-refractivity contribution in [2.45, 2.75) is 33.2 Å². The monoisotopic (exact) mass is 384 g/mol. The van der Waals surface area contributed by atoms with Crippen molar-refractivity contribution in [2.24, 2.45) is 5.92 Å². The van der Waals surface area contributed by atoms with E-state index in [1.54, 1.807) is 24.0 Å². The molecule has 2 heterocycles. The Kier molecular flexibility index (Phi) is 5.82. The van der Waals surface area contributed by atoms with Gasteiger partial charge in [0.15, 0.2) is 0 Å². The number of aromatic carboxylic acids is 1. The molecule has 1 aromatic heterocycles. The van der Waals surface area contributed by atoms with Crippen LogP contribution in [-0.4, -0.2) is 40.9 Å². The van der Waals surface area contributed by atoms with E-state index in [1.807, 2.05) is 19.1 Å². The minimum absolute atomic E-state index is 0.0646. The summed E-state index contributed by atoms with van der Waals surface area (Å²) in [5, 5.41) is 11.9. The van der Waals surface area contributed by atoms with Crippen LogP contribution in [0.2, 0.25) is 0 Å². The number of carbonyl (C=O) groups excluding carboxylic acids is 2. The molecule has 1 aliphatic rings. The van der Waals surface area contributed by atoms with E-state index in [1.165, 1.54) is 6.07 Å². The van der Waals surface area contributed by atoms with E-state index < -0.39 is 5.97 Å². The summed E-state index contributed by atoms with van der Waals surface area (Å²) in [5.41, 5.74) is 1.81. The molecule has 148 valence electrons. The van der Waals surface area contributed by atoms with Crippen LogP contribution < -0.4 is 5.32 Å². The van der Waals surface area contributed by atoms with E-state index in [4.69, 9.17) is 9.52 Å². The van der Waals surface area contributed by atoms with Gasteiger partial charge in [0, 0.05) is 18.7 Å². The highest BCUT2D eigenvalue weighted by atomic mass is 16.4. The Morgan fingerprint density at radius 2 is 1.93 bits per heavy atom. The van der Waals surface area contributed by atoms with Gasteiger partial charge >= 0.3 is 5.97 Å². The third-order valence-corrected chi connectivity index (χ3v) is 5.01. The molecule has 28 heavy (non-hydrogen) atoms. The third kappa shape index (κ3) is 4.42. The molecule has 1 fully saturated rings. The lowest BCUT2D eigenvalue weighted by Crippen LogP contribution is -2.45. The molecule has 0 radical (unpaired) electrons. The van der Waals surface area contributed by atoms with Crippen molar-refractivity contribution in [1.82, 2.24) is 10.2 Å². The number of furan rings is 1. The fourth-order valence-electron chi connectivity index (χ4n) is 3.42. The number of hydrogen-bond acceptors (Lipinski definition) is 4. The molecule has 1 saturated heterocycles. The van der Waals surface area contributed by atoms with Crippen molar-refractivity contribution in [1.29, 1.82) is 0 Å². The number of nitrogens with zero attached hydrogens (tertiary/aromatic N) is 1. The van der Waals surface area contributed by atoms with Crippen LogP contribution in [-0.2, 0) is 11.3 Å². The molecule has 0 spiro atoms. The molecule has 3 rings (SSSR count). The van der Waals surface area contributed by atoms with Crippen LogP contribution in [0.3, 0.4) is 0 Å². The molecule has 0 aliphatic carbocycles. The Labute approximate surface area is 163 Å². The molecule has 0 bridgehead atoms. The lowest BCUT2D eigenvalue weighted by atomic mass is 9.96. The third-order valence-electron chi connectivity index (χ3n) is 5.01. The molecule has 0 saturated carbocycles. The highest BCUT2D eigenvalue weighted by Gasteiger charge is 2.29. The number of carbonyl (C=O) groups is 3. The van der Waals surface area contributed by atoms with E-state index in [0.717, 1.165) is 12.0 Å². The standard InChI is InChI=1S/C21H24N2O5/c1-13-5-7-15(8-6-13)20(25)23-9-3-4-16(12-23)19(24)22-11-17-10-18(21(26)27)14(2)28-17/h5-8,10,16H,3-4,9,11-12H2,1-2H3,(H,22,24)(H,26,27). The number of likely N-dealkylation sites (tertiary alicyclic amines) is 1. The van der Waals surface area contributed by atoms with Gasteiger partial charge in [0.05, 0.1) is 12.5 Å². The summed E-state index contributed by atoms with van der Waals surface area (Å²) in [7, 11) is 0. The maximum absolute atomic E-state index is 12.7. The summed E-state index contributed by atoms with van der Waals surface area (Å²) in [6.45, 7) is 4.67. The second kappa shape index (κ2) is 8.29. The number of hydrogen-bond donors (Lipinski definition) is 2. The predicted octanol–water partition coefficient (Wildman–Crippen LogP) is 2.76. The molecule has 1 atom stereocenters. The highest BCUT2D eigenvalue weighted by Crippen LogP contribution is 2.20. The van der Waals surface area contributed by atoms with Gasteiger partial charge in [-0.05, 0) is 44.9 Å². The second-order valence-electron chi connectivity index (χ2n) is 7.16. The Bertz CT molecular complexity index is 885. The van der Waals surface area contributed by atoms with Gasteiger partial charge in [-0.25, -0.2) is 4.79 Å². The fourth-order valence-corrected chi connectivity index (χ4v) is 3.42. The van der Waals surface area contributed by atoms with E-state index in [2.05, 4.69) is 5.32 Å². The summed E-state index contributed by atoms with van der Waals surface area (Å²) < 4.78 is 5.38. The minimum atomic E-state index is -1.06. The Balaban J connectivity index is 1.58. The number of rotatable bonds is 5. The van der Waals surface area contributed by atoms with Crippen molar-refractivity contribution in [3.8, 4) is 0 Å². The van der Waals surface area contributed by atoms with Gasteiger partial charge < -0.3 is 19.7 Å². The maximum atomic E-state index is 12.7. The van der Waals surface area contributed by atoms with Crippen molar-refractivity contribution in [3.05, 3.63) is 58.5 Å². The first-order chi connectivity index (χ1) is 13.3. The average Bonchev–Trinajstić information content (AvgIpc) is 3.07. The second-order valence-corrected chi connectivity index (χ2v) is 7.16. The molecular weight excluding hydrogens is 360 g/mol. The number of carboxylic acids is 1. The molecule has 1 aliphatic heterocycles. The lowest BCUT2D eigenvalue weighted by molar-refractivity contribution is -0.126. The smallest absolute Gasteiger partial charge is 0.339 e. The number of piperidine rings is 1. The largest absolute Gasteiger partial charge is 0.478 e. The Hall–Kier alpha value is -3.09. The Morgan fingerprint density at radius 3 is 2.57 bits per heavy atom. The minimum Gasteiger partial charge on any atom is -0.478 e. The van der Waals surface area contributed by atoms with Crippen molar-refractivity contribution in [2.75, 3.05) is 13.1 Å². The number of nitrogens with one attached hydrogen (secondary N) is 1. The van der Waals surface area contributed by atoms with Crippen LogP contribution in [0.15, 0.2) is 34.7 Å². The lowest BCUT2D eigenvalue weighted by Gasteiger charge is -2.32. The molecule has 1 unspecified atom stereocenters. The van der Waals surface area contributed by atoms with Crippen LogP contribution in [0, 0.1) is 19.8 Å². The van der Waals surface area contributed by atoms with Gasteiger partial charge in [-0.1, -0.05) is 17.7 Å². The molecule has 2 amide bonds. The topological polar surface area (TPSA) is 99.9 Å². The van der Waals surface area contributed by atoms with Gasteiger partial charge in [0.25, 0.3) is 5.91 Å². The molecule has 7 nitrogen and oxygen atoms in total. The highest BCUT2D eigenvalue weighted by molar-refractivity contribution is 5.94. The molecule has 2 aromatic rings. The van der Waals surface area contributed by atoms with Crippen molar-refractivity contribution < 1.29 is 23.9 Å². The maximum Gasteiger partial charge on any atom is 0.339 e. The Morgan fingerprint density at radius 1 is 1.21 bits per heavy atom. The molecule has 2 N–H and O–H groups in total. The average molecular weight is 384 g/mol. The first-order valence-electron chi connectivity index (χ1n) is 9.31. The summed E-state index contributed by atoms with van der Waals surface area (Å²) in [5.74, 6) is -0.872. The van der Waals surface area contributed by atoms with Crippen LogP contribution in [0.25, 0.3) is 0 Å². The first-order valence-corrected chi connectivity index (χ1v) is 9.31. The van der Waals surface area contributed by atoms with Crippen LogP contribution >= 0.6 is 0 Å². The zero-order valence-corrected chi connectivity index (χ0v) is 16.0. The first kappa shape index (κ1) is 19.7. The SMILES string of the molecule is Cc1ccc(C(=O)N2CCCC(C(=O)NCc3cc(C(=O)O)c(C)o3)C2)cc1. The van der Waals surface area contributed by atoms with Gasteiger partial charge in [-0.2, -0.15) is 0 Å². The van der Waals surface area contributed by atoms with Gasteiger partial charge in [-0.15, -0.1) is 0 Å². The molecule has 1 aromatic carbocycles. The quantitative estimate of drug-likeness (QED) is 0.826. The van der Waals surface area contributed by atoms with E-state index in [-0.39, 0.29) is 29.8 Å². The van der Waals surface area contributed by atoms with Crippen LogP contribution in [0.4, 0.5) is 0 Å². The summed E-state index contributed by atoms with van der Waals surface area (Å²) >= 11 is 0. The number of benzene rings is 1. The summed E-state index contributed by atoms with van der Waals surface area (Å²) in [4.78, 5) is 38.0. The number of amides is 2. The van der Waals surface area contributed by atoms with E-state index in [0.29, 0.717) is 36.6 Å². The van der Waals surface area contributed by atoms with E-state index >= 15 is 0 Å². The number of aryl methyl sites for hydroxylation is 2. The van der Waals surface area contributed by atoms with Crippen LogP contribution in [0.1, 0.15) is 50.6 Å². The number of carboxylic acid groups (broad SMARTS) is 1. The van der Waals surface area contributed by atoms with Crippen molar-refractivity contribution >= 4 is 17.8 Å². The zero-order valence-electron chi connectivity index (χ0n) is 16.0. The molecule has 7 heteroatoms. The zero-order chi connectivity index (χ0) is 20.3. The van der Waals surface area contributed by atoms with Gasteiger partial charge in [0.1, 0.15) is 17.1 Å². The normalized spacial score (nSPS) is 16.6. The van der Waals surface area contributed by atoms with E-state index in [9.17, 15) is 14.4 Å². The van der Waals surface area contributed by atoms with Gasteiger partial charge in [-0.3, -0.25) is 9.59 Å². The predicted molar refractivity (Wildman–Crippen MR) is 102 cm³/mol. The van der Waals surface area contributed by atoms with Gasteiger partial charge in [0.2, 0.25) is 5.91 Å². The summed E-state index contributed by atoms with van der Waals surface area (Å²) in [6.07, 6.45) is 1.47. The molecular formula is C21H24N2O5. The van der Waals surface area contributed by atoms with Crippen molar-refractivity contribution in [3.63, 3.8) is 0 Å².